The third-order valence-electron chi connectivity index (χ3n) is 4.59. The molecule has 22 heavy (non-hydrogen) atoms. The predicted molar refractivity (Wildman–Crippen MR) is 74.7 cm³/mol. The molecule has 0 saturated carbocycles. The fourth-order valence-electron chi connectivity index (χ4n) is 3.48. The van der Waals surface area contributed by atoms with Crippen molar-refractivity contribution in [2.24, 2.45) is 0 Å². The lowest BCUT2D eigenvalue weighted by Crippen LogP contribution is -2.42. The molecule has 1 aromatic rings. The second-order valence-corrected chi connectivity index (χ2v) is 6.01. The van der Waals surface area contributed by atoms with Crippen molar-refractivity contribution in [3.63, 3.8) is 0 Å². The lowest BCUT2D eigenvalue weighted by molar-refractivity contribution is 0.236. The van der Waals surface area contributed by atoms with Crippen molar-refractivity contribution in [1.82, 2.24) is 9.88 Å². The van der Waals surface area contributed by atoms with Gasteiger partial charge < -0.3 is 4.90 Å². The molecular formula is C15H19F4N3. The molecule has 2 fully saturated rings. The van der Waals surface area contributed by atoms with Crippen LogP contribution in [0, 0.1) is 23.5 Å². The lowest BCUT2D eigenvalue weighted by atomic mass is 10.1. The van der Waals surface area contributed by atoms with Crippen LogP contribution in [0.2, 0.25) is 0 Å². The zero-order chi connectivity index (χ0) is 15.7. The third kappa shape index (κ3) is 2.91. The van der Waals surface area contributed by atoms with E-state index in [1.165, 1.54) is 4.90 Å². The van der Waals surface area contributed by atoms with Gasteiger partial charge in [0.05, 0.1) is 0 Å². The van der Waals surface area contributed by atoms with Gasteiger partial charge in [0, 0.05) is 19.1 Å². The number of anilines is 1. The summed E-state index contributed by atoms with van der Waals surface area (Å²) in [7, 11) is 0. The van der Waals surface area contributed by atoms with E-state index in [-0.39, 0.29) is 6.04 Å². The Morgan fingerprint density at radius 2 is 1.41 bits per heavy atom. The van der Waals surface area contributed by atoms with Crippen LogP contribution in [0.1, 0.15) is 32.1 Å². The largest absolute Gasteiger partial charge is 0.365 e. The summed E-state index contributed by atoms with van der Waals surface area (Å²) in [5.41, 5.74) is -0.615. The Morgan fingerprint density at radius 3 is 2.05 bits per heavy atom. The monoisotopic (exact) mass is 317 g/mol. The molecule has 0 N–H and O–H groups in total. The minimum Gasteiger partial charge on any atom is -0.365 e. The summed E-state index contributed by atoms with van der Waals surface area (Å²) in [5, 5.41) is 0. The Balaban J connectivity index is 1.89. The van der Waals surface area contributed by atoms with E-state index in [0.717, 1.165) is 45.2 Å². The molecule has 0 aromatic carbocycles. The summed E-state index contributed by atoms with van der Waals surface area (Å²) in [6.45, 7) is 2.73. The molecule has 122 valence electrons. The highest BCUT2D eigenvalue weighted by atomic mass is 19.2. The maximum absolute atomic E-state index is 14.0. The van der Waals surface area contributed by atoms with Gasteiger partial charge in [0.1, 0.15) is 5.69 Å². The van der Waals surface area contributed by atoms with Gasteiger partial charge in [0.15, 0.2) is 0 Å². The van der Waals surface area contributed by atoms with Crippen LogP contribution in [0.3, 0.4) is 0 Å². The number of aromatic nitrogens is 1. The molecule has 7 heteroatoms. The Kier molecular flexibility index (Phi) is 4.52. The normalized spacial score (nSPS) is 23.8. The van der Waals surface area contributed by atoms with E-state index in [9.17, 15) is 17.6 Å². The van der Waals surface area contributed by atoms with E-state index in [0.29, 0.717) is 13.1 Å². The van der Waals surface area contributed by atoms with Gasteiger partial charge in [0.2, 0.25) is 11.6 Å². The fourth-order valence-corrected chi connectivity index (χ4v) is 3.48. The van der Waals surface area contributed by atoms with E-state index in [1.54, 1.807) is 0 Å². The standard InChI is InChI=1S/C15H19F4N3/c16-11-13(12(17)15(19)20-14(11)18)22-8-2-1-5-10(9-22)21-6-3-4-7-21/h10H,1-9H2. The van der Waals surface area contributed by atoms with Crippen LogP contribution in [0.4, 0.5) is 23.2 Å². The summed E-state index contributed by atoms with van der Waals surface area (Å²) < 4.78 is 54.6. The molecule has 2 aliphatic heterocycles. The molecule has 2 aliphatic rings. The lowest BCUT2D eigenvalue weighted by Gasteiger charge is -2.32. The molecular weight excluding hydrogens is 298 g/mol. The zero-order valence-corrected chi connectivity index (χ0v) is 12.3. The highest BCUT2D eigenvalue weighted by molar-refractivity contribution is 5.49. The summed E-state index contributed by atoms with van der Waals surface area (Å²) in [6.07, 6.45) is 4.87. The SMILES string of the molecule is Fc1nc(F)c(F)c(N2CCCCC(N3CCCC3)C2)c1F. The fraction of sp³-hybridized carbons (Fsp3) is 0.667. The summed E-state index contributed by atoms with van der Waals surface area (Å²) in [4.78, 5) is 6.37. The van der Waals surface area contributed by atoms with Crippen molar-refractivity contribution in [2.45, 2.75) is 38.1 Å². The summed E-state index contributed by atoms with van der Waals surface area (Å²) in [5.74, 6) is -5.98. The average molecular weight is 317 g/mol. The number of rotatable bonds is 2. The predicted octanol–water partition coefficient (Wildman–Crippen LogP) is 3.09. The first-order valence-corrected chi connectivity index (χ1v) is 7.77. The van der Waals surface area contributed by atoms with Crippen molar-refractivity contribution < 1.29 is 17.6 Å². The first-order valence-electron chi connectivity index (χ1n) is 7.77. The summed E-state index contributed by atoms with van der Waals surface area (Å²) >= 11 is 0. The maximum Gasteiger partial charge on any atom is 0.253 e. The van der Waals surface area contributed by atoms with Crippen LogP contribution in [0.15, 0.2) is 0 Å². The van der Waals surface area contributed by atoms with Gasteiger partial charge in [-0.15, -0.1) is 0 Å². The molecule has 1 atom stereocenters. The smallest absolute Gasteiger partial charge is 0.253 e. The first kappa shape index (κ1) is 15.5. The molecule has 3 rings (SSSR count). The van der Waals surface area contributed by atoms with Crippen molar-refractivity contribution >= 4 is 5.69 Å². The van der Waals surface area contributed by atoms with Crippen molar-refractivity contribution in [3.05, 3.63) is 23.5 Å². The number of hydrogen-bond donors (Lipinski definition) is 0. The van der Waals surface area contributed by atoms with Gasteiger partial charge in [-0.05, 0) is 38.8 Å². The minimum atomic E-state index is -1.59. The summed E-state index contributed by atoms with van der Waals surface area (Å²) in [6, 6.07) is 0.170. The minimum absolute atomic E-state index is 0.170. The van der Waals surface area contributed by atoms with Crippen LogP contribution in [-0.2, 0) is 0 Å². The number of nitrogens with zero attached hydrogens (tertiary/aromatic N) is 3. The van der Waals surface area contributed by atoms with Gasteiger partial charge in [-0.2, -0.15) is 22.5 Å². The van der Waals surface area contributed by atoms with Crippen molar-refractivity contribution in [1.29, 1.82) is 0 Å². The van der Waals surface area contributed by atoms with E-state index in [1.807, 2.05) is 0 Å². The topological polar surface area (TPSA) is 19.4 Å². The molecule has 1 aromatic heterocycles. The van der Waals surface area contributed by atoms with E-state index in [4.69, 9.17) is 0 Å². The van der Waals surface area contributed by atoms with Gasteiger partial charge in [-0.1, -0.05) is 6.42 Å². The maximum atomic E-state index is 14.0. The molecule has 0 bridgehead atoms. The van der Waals surface area contributed by atoms with Crippen LogP contribution in [0.5, 0.6) is 0 Å². The van der Waals surface area contributed by atoms with Gasteiger partial charge >= 0.3 is 0 Å². The third-order valence-corrected chi connectivity index (χ3v) is 4.59. The molecule has 0 radical (unpaired) electrons. The van der Waals surface area contributed by atoms with Crippen LogP contribution < -0.4 is 4.90 Å². The van der Waals surface area contributed by atoms with Crippen LogP contribution in [0.25, 0.3) is 0 Å². The van der Waals surface area contributed by atoms with Gasteiger partial charge in [-0.25, -0.2) is 0 Å². The Hall–Kier alpha value is -1.37. The number of likely N-dealkylation sites (tertiary alicyclic amines) is 1. The quantitative estimate of drug-likeness (QED) is 0.617. The van der Waals surface area contributed by atoms with Crippen molar-refractivity contribution in [2.75, 3.05) is 31.1 Å². The highest BCUT2D eigenvalue weighted by Gasteiger charge is 2.31. The van der Waals surface area contributed by atoms with E-state index in [2.05, 4.69) is 9.88 Å². The number of halogens is 4. The molecule has 0 aliphatic carbocycles. The molecule has 3 heterocycles. The second-order valence-electron chi connectivity index (χ2n) is 6.01. The highest BCUT2D eigenvalue weighted by Crippen LogP contribution is 2.30. The van der Waals surface area contributed by atoms with Crippen LogP contribution >= 0.6 is 0 Å². The first-order chi connectivity index (χ1) is 10.6. The van der Waals surface area contributed by atoms with E-state index >= 15 is 0 Å². The average Bonchev–Trinajstić information content (AvgIpc) is 2.92. The Labute approximate surface area is 126 Å². The molecule has 0 amide bonds. The number of pyridine rings is 1. The van der Waals surface area contributed by atoms with Gasteiger partial charge in [-0.3, -0.25) is 4.90 Å². The Bertz CT molecular complexity index is 520. The van der Waals surface area contributed by atoms with Gasteiger partial charge in [0.25, 0.3) is 11.9 Å². The molecule has 0 spiro atoms. The molecule has 2 saturated heterocycles. The molecule has 1 unspecified atom stereocenters. The van der Waals surface area contributed by atoms with Crippen molar-refractivity contribution in [3.8, 4) is 0 Å². The van der Waals surface area contributed by atoms with Crippen LogP contribution in [-0.4, -0.2) is 42.1 Å². The van der Waals surface area contributed by atoms with E-state index < -0.39 is 29.2 Å². The second kappa shape index (κ2) is 6.40. The number of hydrogen-bond acceptors (Lipinski definition) is 3. The molecule has 3 nitrogen and oxygen atoms in total. The zero-order valence-electron chi connectivity index (χ0n) is 12.3. The Morgan fingerprint density at radius 1 is 0.818 bits per heavy atom.